The van der Waals surface area contributed by atoms with Crippen molar-refractivity contribution in [2.24, 2.45) is 0 Å². The summed E-state index contributed by atoms with van der Waals surface area (Å²) in [6, 6.07) is 9.09. The highest BCUT2D eigenvalue weighted by Gasteiger charge is 2.20. The lowest BCUT2D eigenvalue weighted by atomic mass is 10.1. The van der Waals surface area contributed by atoms with E-state index in [1.165, 1.54) is 29.1 Å². The van der Waals surface area contributed by atoms with Gasteiger partial charge in [-0.05, 0) is 38.1 Å². The zero-order valence-electron chi connectivity index (χ0n) is 11.4. The fourth-order valence-corrected chi connectivity index (χ4v) is 3.80. The van der Waals surface area contributed by atoms with Crippen molar-refractivity contribution >= 4 is 21.6 Å². The summed E-state index contributed by atoms with van der Waals surface area (Å²) in [7, 11) is 0. The van der Waals surface area contributed by atoms with Gasteiger partial charge in [0.1, 0.15) is 5.01 Å². The molecule has 2 heterocycles. The lowest BCUT2D eigenvalue weighted by molar-refractivity contribution is 0.166. The van der Waals surface area contributed by atoms with Crippen LogP contribution in [0.25, 0.3) is 10.2 Å². The molecule has 1 aliphatic heterocycles. The van der Waals surface area contributed by atoms with Crippen molar-refractivity contribution in [3.63, 3.8) is 0 Å². The van der Waals surface area contributed by atoms with E-state index in [0.717, 1.165) is 25.2 Å². The van der Waals surface area contributed by atoms with Gasteiger partial charge in [-0.15, -0.1) is 11.3 Å². The number of nitrogens with one attached hydrogen (secondary N) is 1. The van der Waals surface area contributed by atoms with Crippen LogP contribution in [-0.2, 0) is 6.54 Å². The Morgan fingerprint density at radius 2 is 2.32 bits per heavy atom. The monoisotopic (exact) mass is 275 g/mol. The van der Waals surface area contributed by atoms with Crippen LogP contribution in [0.1, 0.15) is 24.8 Å². The van der Waals surface area contributed by atoms with Gasteiger partial charge in [0.25, 0.3) is 0 Å². The molecule has 0 bridgehead atoms. The third kappa shape index (κ3) is 2.96. The maximum atomic E-state index is 4.75. The first-order valence-electron chi connectivity index (χ1n) is 7.16. The normalized spacial score (nSPS) is 20.2. The lowest BCUT2D eigenvalue weighted by Crippen LogP contribution is -2.45. The molecule has 0 spiro atoms. The molecule has 0 radical (unpaired) electrons. The largest absolute Gasteiger partial charge is 0.315 e. The van der Waals surface area contributed by atoms with Crippen molar-refractivity contribution < 1.29 is 0 Å². The molecule has 1 N–H and O–H groups in total. The highest BCUT2D eigenvalue weighted by atomic mass is 32.1. The van der Waals surface area contributed by atoms with Gasteiger partial charge in [0, 0.05) is 12.6 Å². The number of thiazole rings is 1. The Bertz CT molecular complexity index is 498. The zero-order valence-corrected chi connectivity index (χ0v) is 12.2. The van der Waals surface area contributed by atoms with E-state index in [1.54, 1.807) is 0 Å². The minimum Gasteiger partial charge on any atom is -0.315 e. The molecule has 1 fully saturated rings. The van der Waals surface area contributed by atoms with Crippen LogP contribution in [0.4, 0.5) is 0 Å². The molecular weight excluding hydrogens is 254 g/mol. The molecule has 1 saturated heterocycles. The minimum absolute atomic E-state index is 0.672. The second-order valence-electron chi connectivity index (χ2n) is 5.14. The predicted molar refractivity (Wildman–Crippen MR) is 81.6 cm³/mol. The van der Waals surface area contributed by atoms with Crippen LogP contribution < -0.4 is 5.32 Å². The van der Waals surface area contributed by atoms with E-state index in [9.17, 15) is 0 Å². The number of rotatable bonds is 4. The van der Waals surface area contributed by atoms with E-state index in [4.69, 9.17) is 4.98 Å². The number of likely N-dealkylation sites (N-methyl/N-ethyl adjacent to an activating group) is 1. The van der Waals surface area contributed by atoms with E-state index < -0.39 is 0 Å². The average Bonchev–Trinajstić information content (AvgIpc) is 2.88. The number of nitrogens with zero attached hydrogens (tertiary/aromatic N) is 2. The van der Waals surface area contributed by atoms with Gasteiger partial charge in [0.15, 0.2) is 0 Å². The number of hydrogen-bond donors (Lipinski definition) is 1. The van der Waals surface area contributed by atoms with E-state index in [1.807, 2.05) is 11.3 Å². The standard InChI is InChI=1S/C15H21N3S/c1-2-18(12-6-5-9-16-10-12)11-15-17-13-7-3-4-8-14(13)19-15/h3-4,7-8,12,16H,2,5-6,9-11H2,1H3. The van der Waals surface area contributed by atoms with Crippen LogP contribution in [0, 0.1) is 0 Å². The summed E-state index contributed by atoms with van der Waals surface area (Å²) in [5.74, 6) is 0. The van der Waals surface area contributed by atoms with E-state index in [2.05, 4.69) is 41.4 Å². The fourth-order valence-electron chi connectivity index (χ4n) is 2.81. The highest BCUT2D eigenvalue weighted by Crippen LogP contribution is 2.23. The summed E-state index contributed by atoms with van der Waals surface area (Å²) >= 11 is 1.83. The SMILES string of the molecule is CCN(Cc1nc2ccccc2s1)C1CCCNC1. The summed E-state index contributed by atoms with van der Waals surface area (Å²) in [5, 5.41) is 4.75. The molecule has 1 unspecified atom stereocenters. The summed E-state index contributed by atoms with van der Waals surface area (Å²) < 4.78 is 1.30. The molecule has 1 aromatic heterocycles. The second kappa shape index (κ2) is 5.99. The van der Waals surface area contributed by atoms with Crippen LogP contribution in [0.5, 0.6) is 0 Å². The Morgan fingerprint density at radius 1 is 1.42 bits per heavy atom. The number of fused-ring (bicyclic) bond motifs is 1. The molecule has 3 rings (SSSR count). The van der Waals surface area contributed by atoms with Gasteiger partial charge in [-0.1, -0.05) is 19.1 Å². The quantitative estimate of drug-likeness (QED) is 0.930. The van der Waals surface area contributed by atoms with Crippen LogP contribution in [0.15, 0.2) is 24.3 Å². The number of hydrogen-bond acceptors (Lipinski definition) is 4. The van der Waals surface area contributed by atoms with Gasteiger partial charge in [0.2, 0.25) is 0 Å². The smallest absolute Gasteiger partial charge is 0.108 e. The van der Waals surface area contributed by atoms with Crippen molar-refractivity contribution in [3.8, 4) is 0 Å². The number of aromatic nitrogens is 1. The topological polar surface area (TPSA) is 28.2 Å². The Balaban J connectivity index is 1.74. The maximum Gasteiger partial charge on any atom is 0.108 e. The van der Waals surface area contributed by atoms with Crippen LogP contribution in [0.3, 0.4) is 0 Å². The van der Waals surface area contributed by atoms with Crippen molar-refractivity contribution in [1.82, 2.24) is 15.2 Å². The molecule has 102 valence electrons. The van der Waals surface area contributed by atoms with Gasteiger partial charge in [0.05, 0.1) is 16.8 Å². The number of piperidine rings is 1. The Kier molecular flexibility index (Phi) is 4.11. The Hall–Kier alpha value is -0.970. The first-order valence-corrected chi connectivity index (χ1v) is 7.97. The van der Waals surface area contributed by atoms with Crippen molar-refractivity contribution in [1.29, 1.82) is 0 Å². The molecule has 4 heteroatoms. The minimum atomic E-state index is 0.672. The molecule has 0 amide bonds. The summed E-state index contributed by atoms with van der Waals surface area (Å²) in [5.41, 5.74) is 1.14. The van der Waals surface area contributed by atoms with Gasteiger partial charge < -0.3 is 5.32 Å². The van der Waals surface area contributed by atoms with Crippen LogP contribution in [-0.4, -0.2) is 35.6 Å². The zero-order chi connectivity index (χ0) is 13.1. The third-order valence-corrected chi connectivity index (χ3v) is 4.89. The molecule has 3 nitrogen and oxygen atoms in total. The molecular formula is C15H21N3S. The van der Waals surface area contributed by atoms with Crippen LogP contribution >= 0.6 is 11.3 Å². The average molecular weight is 275 g/mol. The first kappa shape index (κ1) is 13.0. The summed E-state index contributed by atoms with van der Waals surface area (Å²) in [4.78, 5) is 7.31. The Labute approximate surface area is 118 Å². The van der Waals surface area contributed by atoms with E-state index >= 15 is 0 Å². The second-order valence-corrected chi connectivity index (χ2v) is 6.25. The van der Waals surface area contributed by atoms with Crippen LogP contribution in [0.2, 0.25) is 0 Å². The third-order valence-electron chi connectivity index (χ3n) is 3.87. The van der Waals surface area contributed by atoms with Crippen molar-refractivity contribution in [2.45, 2.75) is 32.4 Å². The fraction of sp³-hybridized carbons (Fsp3) is 0.533. The maximum absolute atomic E-state index is 4.75. The lowest BCUT2D eigenvalue weighted by Gasteiger charge is -2.33. The van der Waals surface area contributed by atoms with Crippen molar-refractivity contribution in [2.75, 3.05) is 19.6 Å². The predicted octanol–water partition coefficient (Wildman–Crippen LogP) is 2.87. The molecule has 1 aliphatic rings. The van der Waals surface area contributed by atoms with Gasteiger partial charge in [-0.2, -0.15) is 0 Å². The molecule has 2 aromatic rings. The summed E-state index contributed by atoms with van der Waals surface area (Å²) in [6.07, 6.45) is 2.60. The molecule has 1 atom stereocenters. The Morgan fingerprint density at radius 3 is 3.05 bits per heavy atom. The van der Waals surface area contributed by atoms with Gasteiger partial charge in [-0.25, -0.2) is 4.98 Å². The van der Waals surface area contributed by atoms with E-state index in [-0.39, 0.29) is 0 Å². The van der Waals surface area contributed by atoms with E-state index in [0.29, 0.717) is 6.04 Å². The van der Waals surface area contributed by atoms with Gasteiger partial charge in [-0.3, -0.25) is 4.90 Å². The molecule has 0 saturated carbocycles. The number of para-hydroxylation sites is 1. The molecule has 0 aliphatic carbocycles. The van der Waals surface area contributed by atoms with Gasteiger partial charge >= 0.3 is 0 Å². The first-order chi connectivity index (χ1) is 9.36. The summed E-state index contributed by atoms with van der Waals surface area (Å²) in [6.45, 7) is 6.64. The molecule has 19 heavy (non-hydrogen) atoms. The molecule has 1 aromatic carbocycles. The highest BCUT2D eigenvalue weighted by molar-refractivity contribution is 7.18. The number of benzene rings is 1. The van der Waals surface area contributed by atoms with Crippen molar-refractivity contribution in [3.05, 3.63) is 29.3 Å².